The molecule has 38 heavy (non-hydrogen) atoms. The van der Waals surface area contributed by atoms with E-state index in [4.69, 9.17) is 15.0 Å². The van der Waals surface area contributed by atoms with Gasteiger partial charge in [0.1, 0.15) is 11.3 Å². The maximum absolute atomic E-state index is 12.9. The van der Waals surface area contributed by atoms with Gasteiger partial charge < -0.3 is 20.2 Å². The zero-order valence-corrected chi connectivity index (χ0v) is 22.0. The molecule has 3 aromatic heterocycles. The molecule has 3 saturated heterocycles. The lowest BCUT2D eigenvalue weighted by Crippen LogP contribution is -2.55. The second-order valence-corrected chi connectivity index (χ2v) is 11.3. The average molecular weight is 515 g/mol. The van der Waals surface area contributed by atoms with Crippen molar-refractivity contribution < 1.29 is 9.90 Å². The number of aliphatic hydroxyl groups is 1. The average Bonchev–Trinajstić information content (AvgIpc) is 3.51. The Morgan fingerprint density at radius 3 is 2.55 bits per heavy atom. The Balaban J connectivity index is 1.15. The van der Waals surface area contributed by atoms with Gasteiger partial charge in [0, 0.05) is 55.4 Å². The number of rotatable bonds is 5. The van der Waals surface area contributed by atoms with Crippen LogP contribution in [0, 0.1) is 0 Å². The third-order valence-corrected chi connectivity index (χ3v) is 8.86. The van der Waals surface area contributed by atoms with Crippen LogP contribution in [0.4, 0.5) is 17.6 Å². The predicted molar refractivity (Wildman–Crippen MR) is 144 cm³/mol. The molecule has 4 aliphatic rings. The van der Waals surface area contributed by atoms with E-state index in [0.29, 0.717) is 42.6 Å². The van der Waals surface area contributed by atoms with Crippen LogP contribution < -0.4 is 10.2 Å². The Morgan fingerprint density at radius 2 is 1.87 bits per heavy atom. The molecule has 2 bridgehead atoms. The second kappa shape index (κ2) is 9.13. The molecular weight excluding hydrogens is 480 g/mol. The highest BCUT2D eigenvalue weighted by molar-refractivity contribution is 5.90. The van der Waals surface area contributed by atoms with Gasteiger partial charge in [0.05, 0.1) is 17.8 Å². The summed E-state index contributed by atoms with van der Waals surface area (Å²) in [4.78, 5) is 38.6. The Bertz CT molecular complexity index is 1390. The molecule has 0 aliphatic carbocycles. The summed E-state index contributed by atoms with van der Waals surface area (Å²) >= 11 is 0. The molecule has 3 aromatic rings. The normalized spacial score (nSPS) is 25.4. The summed E-state index contributed by atoms with van der Waals surface area (Å²) in [5.41, 5.74) is 3.56. The van der Waals surface area contributed by atoms with Gasteiger partial charge in [-0.15, -0.1) is 0 Å². The maximum Gasteiger partial charge on any atom is 0.240 e. The maximum atomic E-state index is 12.9. The monoisotopic (exact) mass is 514 g/mol. The number of carbonyl (C=O) groups is 1. The number of likely N-dealkylation sites (tertiary alicyclic amines) is 1. The van der Waals surface area contributed by atoms with Crippen molar-refractivity contribution in [2.75, 3.05) is 30.4 Å². The smallest absolute Gasteiger partial charge is 0.240 e. The fourth-order valence-corrected chi connectivity index (χ4v) is 6.58. The lowest BCUT2D eigenvalue weighted by Gasteiger charge is -2.40. The van der Waals surface area contributed by atoms with E-state index < -0.39 is 6.10 Å². The molecule has 0 spiro atoms. The summed E-state index contributed by atoms with van der Waals surface area (Å²) in [6.07, 6.45) is 7.56. The first-order valence-corrected chi connectivity index (χ1v) is 13.8. The summed E-state index contributed by atoms with van der Waals surface area (Å²) in [6.45, 7) is 4.04. The van der Waals surface area contributed by atoms with Gasteiger partial charge in [-0.3, -0.25) is 9.69 Å². The molecule has 2 N–H and O–H groups in total. The molecule has 4 aliphatic heterocycles. The van der Waals surface area contributed by atoms with Crippen LogP contribution in [-0.4, -0.2) is 79.0 Å². The van der Waals surface area contributed by atoms with Crippen molar-refractivity contribution in [3.63, 3.8) is 0 Å². The third kappa shape index (κ3) is 3.97. The molecule has 7 heterocycles. The zero-order valence-electron chi connectivity index (χ0n) is 22.0. The Morgan fingerprint density at radius 1 is 1.08 bits per heavy atom. The third-order valence-electron chi connectivity index (χ3n) is 8.86. The summed E-state index contributed by atoms with van der Waals surface area (Å²) in [5, 5.41) is 14.5. The summed E-state index contributed by atoms with van der Waals surface area (Å²) in [7, 11) is 2.01. The number of aliphatic hydroxyl groups excluding tert-OH is 1. The molecule has 10 heteroatoms. The molecule has 2 atom stereocenters. The SMILES string of the molecule is CC(O)c1cc2cnc(Nc3ccc4c(n3)CCN(C(=O)[C@@H]3CCN3C)C4)nc2c(N2C3CCC2CC3)n1. The number of nitrogens with zero attached hydrogens (tertiary/aromatic N) is 7. The van der Waals surface area contributed by atoms with Gasteiger partial charge in [-0.25, -0.2) is 19.9 Å². The number of hydrogen-bond donors (Lipinski definition) is 2. The quantitative estimate of drug-likeness (QED) is 0.531. The number of amides is 1. The minimum Gasteiger partial charge on any atom is -0.387 e. The minimum atomic E-state index is -0.656. The molecule has 198 valence electrons. The lowest BCUT2D eigenvalue weighted by atomic mass is 10.00. The minimum absolute atomic E-state index is 0.0299. The molecule has 0 saturated carbocycles. The van der Waals surface area contributed by atoms with Gasteiger partial charge >= 0.3 is 0 Å². The molecule has 3 fully saturated rings. The molecule has 1 unspecified atom stereocenters. The molecule has 1 amide bonds. The first-order chi connectivity index (χ1) is 18.4. The molecule has 0 aromatic carbocycles. The lowest BCUT2D eigenvalue weighted by molar-refractivity contribution is -0.141. The van der Waals surface area contributed by atoms with E-state index in [-0.39, 0.29) is 11.9 Å². The van der Waals surface area contributed by atoms with Gasteiger partial charge in [0.2, 0.25) is 11.9 Å². The van der Waals surface area contributed by atoms with Crippen molar-refractivity contribution in [2.45, 2.75) is 76.2 Å². The highest BCUT2D eigenvalue weighted by atomic mass is 16.3. The number of carbonyl (C=O) groups excluding carboxylic acids is 1. The van der Waals surface area contributed by atoms with Gasteiger partial charge in [-0.1, -0.05) is 6.07 Å². The number of anilines is 3. The first-order valence-electron chi connectivity index (χ1n) is 13.8. The number of pyridine rings is 2. The van der Waals surface area contributed by atoms with E-state index in [0.717, 1.165) is 47.4 Å². The van der Waals surface area contributed by atoms with Crippen molar-refractivity contribution in [1.82, 2.24) is 29.7 Å². The van der Waals surface area contributed by atoms with Crippen LogP contribution in [0.3, 0.4) is 0 Å². The van der Waals surface area contributed by atoms with Crippen LogP contribution in [-0.2, 0) is 17.8 Å². The number of hydrogen-bond acceptors (Lipinski definition) is 9. The summed E-state index contributed by atoms with van der Waals surface area (Å²) in [6, 6.07) is 6.89. The van der Waals surface area contributed by atoms with Crippen LogP contribution in [0.1, 0.15) is 62.1 Å². The molecular formula is C28H34N8O2. The van der Waals surface area contributed by atoms with Gasteiger partial charge in [0.15, 0.2) is 5.82 Å². The molecule has 0 radical (unpaired) electrons. The van der Waals surface area contributed by atoms with E-state index in [1.165, 1.54) is 25.7 Å². The number of aromatic nitrogens is 4. The fraction of sp³-hybridized carbons (Fsp3) is 0.536. The summed E-state index contributed by atoms with van der Waals surface area (Å²) < 4.78 is 0. The van der Waals surface area contributed by atoms with Crippen LogP contribution >= 0.6 is 0 Å². The number of likely N-dealkylation sites (N-methyl/N-ethyl adjacent to an activating group) is 1. The standard InChI is InChI=1S/C28H34N8O2/c1-16(37)22-13-18-14-29-28(33-25(18)26(31-22)36-19-4-5-20(36)7-6-19)32-24-8-3-17-15-35(12-9-21(17)30-24)27(38)23-10-11-34(23)2/h3,8,13-14,16,19-20,23,37H,4-7,9-12,15H2,1-2H3,(H,29,30,32,33)/t16?,19?,20?,23-/m0/s1. The highest BCUT2D eigenvalue weighted by Gasteiger charge is 2.41. The van der Waals surface area contributed by atoms with E-state index in [1.807, 2.05) is 24.1 Å². The van der Waals surface area contributed by atoms with Crippen molar-refractivity contribution in [2.24, 2.45) is 0 Å². The van der Waals surface area contributed by atoms with Crippen molar-refractivity contribution >= 4 is 34.4 Å². The first kappa shape index (κ1) is 23.7. The number of nitrogens with one attached hydrogen (secondary N) is 1. The fourth-order valence-electron chi connectivity index (χ4n) is 6.58. The predicted octanol–water partition coefficient (Wildman–Crippen LogP) is 2.94. The second-order valence-electron chi connectivity index (χ2n) is 11.3. The molecule has 7 rings (SSSR count). The topological polar surface area (TPSA) is 111 Å². The van der Waals surface area contributed by atoms with Crippen molar-refractivity contribution in [3.8, 4) is 0 Å². The van der Waals surface area contributed by atoms with E-state index in [1.54, 1.807) is 13.1 Å². The zero-order chi connectivity index (χ0) is 26.0. The Labute approximate surface area is 222 Å². The van der Waals surface area contributed by atoms with E-state index >= 15 is 0 Å². The van der Waals surface area contributed by atoms with Crippen LogP contribution in [0.15, 0.2) is 24.4 Å². The molecule has 10 nitrogen and oxygen atoms in total. The largest absolute Gasteiger partial charge is 0.387 e. The van der Waals surface area contributed by atoms with E-state index in [2.05, 4.69) is 26.2 Å². The highest BCUT2D eigenvalue weighted by Crippen LogP contribution is 2.42. The summed E-state index contributed by atoms with van der Waals surface area (Å²) in [5.74, 6) is 2.25. The van der Waals surface area contributed by atoms with Crippen LogP contribution in [0.5, 0.6) is 0 Å². The van der Waals surface area contributed by atoms with Gasteiger partial charge in [0.25, 0.3) is 0 Å². The van der Waals surface area contributed by atoms with Crippen molar-refractivity contribution in [3.05, 3.63) is 41.3 Å². The Hall–Kier alpha value is -3.37. The van der Waals surface area contributed by atoms with Gasteiger partial charge in [-0.2, -0.15) is 0 Å². The van der Waals surface area contributed by atoms with Crippen molar-refractivity contribution in [1.29, 1.82) is 0 Å². The van der Waals surface area contributed by atoms with Crippen LogP contribution in [0.25, 0.3) is 10.9 Å². The number of fused-ring (bicyclic) bond motifs is 4. The van der Waals surface area contributed by atoms with Gasteiger partial charge in [-0.05, 0) is 63.8 Å². The van der Waals surface area contributed by atoms with Crippen LogP contribution in [0.2, 0.25) is 0 Å². The Kier molecular flexibility index (Phi) is 5.70. The van der Waals surface area contributed by atoms with E-state index in [9.17, 15) is 9.90 Å².